The third-order valence-electron chi connectivity index (χ3n) is 2.39. The first-order valence-electron chi connectivity index (χ1n) is 5.10. The molecule has 0 aromatic heterocycles. The lowest BCUT2D eigenvalue weighted by Crippen LogP contribution is -2.28. The Hall–Kier alpha value is -0.200. The Bertz CT molecular complexity index is 317. The highest BCUT2D eigenvalue weighted by Crippen LogP contribution is 2.24. The van der Waals surface area contributed by atoms with Gasteiger partial charge in [0.25, 0.3) is 0 Å². The Balaban J connectivity index is 2.81. The Morgan fingerprint density at radius 2 is 2.27 bits per heavy atom. The summed E-state index contributed by atoms with van der Waals surface area (Å²) in [6.45, 7) is 2.14. The molecule has 0 spiro atoms. The van der Waals surface area contributed by atoms with E-state index < -0.39 is 0 Å². The minimum atomic E-state index is -0.200. The molecule has 0 fully saturated rings. The van der Waals surface area contributed by atoms with E-state index in [0.717, 1.165) is 28.4 Å². The summed E-state index contributed by atoms with van der Waals surface area (Å²) in [5.41, 5.74) is 3.86. The first kappa shape index (κ1) is 12.9. The molecule has 0 saturated carbocycles. The van der Waals surface area contributed by atoms with Crippen molar-refractivity contribution in [3.8, 4) is 0 Å². The van der Waals surface area contributed by atoms with Crippen LogP contribution in [0.5, 0.6) is 0 Å². The normalized spacial score (nSPS) is 12.8. The maximum Gasteiger partial charge on any atom is 0.124 e. The van der Waals surface area contributed by atoms with Gasteiger partial charge in [0.2, 0.25) is 0 Å². The molecule has 1 aromatic rings. The van der Waals surface area contributed by atoms with Crippen LogP contribution in [0.1, 0.15) is 37.8 Å². The topological polar surface area (TPSA) is 38.0 Å². The van der Waals surface area contributed by atoms with Crippen molar-refractivity contribution in [2.45, 2.75) is 32.2 Å². The Kier molecular flexibility index (Phi) is 5.49. The number of benzene rings is 1. The molecule has 0 bridgehead atoms. The van der Waals surface area contributed by atoms with E-state index in [1.54, 1.807) is 6.07 Å². The van der Waals surface area contributed by atoms with Crippen molar-refractivity contribution < 1.29 is 4.39 Å². The number of hydrogen-bond donors (Lipinski definition) is 2. The number of nitrogens with one attached hydrogen (secondary N) is 1. The molecular weight excluding hydrogens is 306 g/mol. The highest BCUT2D eigenvalue weighted by atomic mass is 127. The molecule has 4 heteroatoms. The first-order chi connectivity index (χ1) is 7.19. The molecule has 84 valence electrons. The molecule has 0 heterocycles. The zero-order valence-electron chi connectivity index (χ0n) is 8.76. The van der Waals surface area contributed by atoms with Gasteiger partial charge in [-0.15, -0.1) is 0 Å². The molecule has 1 rings (SSSR count). The fraction of sp³-hybridized carbons (Fsp3) is 0.455. The summed E-state index contributed by atoms with van der Waals surface area (Å²) in [7, 11) is 0. The molecule has 0 amide bonds. The second-order valence-corrected chi connectivity index (χ2v) is 4.69. The molecule has 0 aliphatic carbocycles. The third-order valence-corrected chi connectivity index (χ3v) is 3.32. The van der Waals surface area contributed by atoms with Crippen molar-refractivity contribution in [2.75, 3.05) is 0 Å². The predicted octanol–water partition coefficient (Wildman–Crippen LogP) is 3.12. The highest BCUT2D eigenvalue weighted by molar-refractivity contribution is 14.1. The summed E-state index contributed by atoms with van der Waals surface area (Å²) in [5.74, 6) is 5.31. The van der Waals surface area contributed by atoms with Gasteiger partial charge in [0.1, 0.15) is 5.82 Å². The van der Waals surface area contributed by atoms with Gasteiger partial charge < -0.3 is 0 Å². The summed E-state index contributed by atoms with van der Waals surface area (Å²) in [6.07, 6.45) is 3.23. The number of unbranched alkanes of at least 4 members (excludes halogenated alkanes) is 1. The quantitative estimate of drug-likeness (QED) is 0.497. The Labute approximate surface area is 104 Å². The largest absolute Gasteiger partial charge is 0.271 e. The van der Waals surface area contributed by atoms with Crippen LogP contribution in [0.4, 0.5) is 4.39 Å². The van der Waals surface area contributed by atoms with Crippen LogP contribution >= 0.6 is 22.6 Å². The second kappa shape index (κ2) is 6.40. The van der Waals surface area contributed by atoms with Crippen molar-refractivity contribution in [1.29, 1.82) is 0 Å². The average Bonchev–Trinajstić information content (AvgIpc) is 2.21. The maximum absolute atomic E-state index is 12.9. The van der Waals surface area contributed by atoms with E-state index in [2.05, 4.69) is 34.9 Å². The summed E-state index contributed by atoms with van der Waals surface area (Å²) in [4.78, 5) is 0. The monoisotopic (exact) mass is 322 g/mol. The van der Waals surface area contributed by atoms with Crippen LogP contribution in [0.3, 0.4) is 0 Å². The van der Waals surface area contributed by atoms with E-state index in [-0.39, 0.29) is 11.9 Å². The lowest BCUT2D eigenvalue weighted by atomic mass is 10.0. The van der Waals surface area contributed by atoms with Gasteiger partial charge in [-0.05, 0) is 46.7 Å². The SMILES string of the molecule is CCCCC(NN)c1ccc(F)cc1I. The molecule has 1 aromatic carbocycles. The number of hydrogen-bond acceptors (Lipinski definition) is 2. The molecule has 3 N–H and O–H groups in total. The van der Waals surface area contributed by atoms with Gasteiger partial charge in [-0.3, -0.25) is 11.3 Å². The smallest absolute Gasteiger partial charge is 0.124 e. The van der Waals surface area contributed by atoms with E-state index in [1.807, 2.05) is 0 Å². The van der Waals surface area contributed by atoms with Gasteiger partial charge in [-0.1, -0.05) is 25.8 Å². The van der Waals surface area contributed by atoms with E-state index in [9.17, 15) is 4.39 Å². The van der Waals surface area contributed by atoms with Crippen molar-refractivity contribution in [1.82, 2.24) is 5.43 Å². The van der Waals surface area contributed by atoms with Crippen LogP contribution in [0, 0.1) is 9.39 Å². The van der Waals surface area contributed by atoms with Crippen molar-refractivity contribution in [3.05, 3.63) is 33.1 Å². The summed E-state index contributed by atoms with van der Waals surface area (Å²) >= 11 is 2.14. The van der Waals surface area contributed by atoms with E-state index >= 15 is 0 Å². The highest BCUT2D eigenvalue weighted by Gasteiger charge is 2.12. The lowest BCUT2D eigenvalue weighted by Gasteiger charge is -2.17. The van der Waals surface area contributed by atoms with Gasteiger partial charge in [-0.2, -0.15) is 0 Å². The molecule has 2 nitrogen and oxygen atoms in total. The Morgan fingerprint density at radius 3 is 2.80 bits per heavy atom. The molecule has 0 aliphatic rings. The van der Waals surface area contributed by atoms with Crippen LogP contribution in [0.2, 0.25) is 0 Å². The van der Waals surface area contributed by atoms with Gasteiger partial charge >= 0.3 is 0 Å². The molecule has 0 aliphatic heterocycles. The zero-order valence-corrected chi connectivity index (χ0v) is 10.9. The van der Waals surface area contributed by atoms with E-state index in [0.29, 0.717) is 0 Å². The van der Waals surface area contributed by atoms with E-state index in [1.165, 1.54) is 12.1 Å². The molecule has 0 radical (unpaired) electrons. The fourth-order valence-electron chi connectivity index (χ4n) is 1.52. The third kappa shape index (κ3) is 3.70. The molecule has 1 atom stereocenters. The molecule has 0 saturated heterocycles. The summed E-state index contributed by atoms with van der Waals surface area (Å²) in [6, 6.07) is 4.94. The summed E-state index contributed by atoms with van der Waals surface area (Å²) in [5, 5.41) is 0. The molecule has 15 heavy (non-hydrogen) atoms. The fourth-order valence-corrected chi connectivity index (χ4v) is 2.37. The number of hydrazine groups is 1. The van der Waals surface area contributed by atoms with Crippen LogP contribution in [-0.2, 0) is 0 Å². The second-order valence-electron chi connectivity index (χ2n) is 3.53. The lowest BCUT2D eigenvalue weighted by molar-refractivity contribution is 0.492. The Morgan fingerprint density at radius 1 is 1.53 bits per heavy atom. The molecule has 1 unspecified atom stereocenters. The average molecular weight is 322 g/mol. The van der Waals surface area contributed by atoms with Gasteiger partial charge in [0.15, 0.2) is 0 Å². The molecular formula is C11H16FIN2. The van der Waals surface area contributed by atoms with Crippen LogP contribution in [0.25, 0.3) is 0 Å². The van der Waals surface area contributed by atoms with Gasteiger partial charge in [-0.25, -0.2) is 4.39 Å². The number of halogens is 2. The van der Waals surface area contributed by atoms with Crippen molar-refractivity contribution in [2.24, 2.45) is 5.84 Å². The van der Waals surface area contributed by atoms with Crippen LogP contribution in [-0.4, -0.2) is 0 Å². The minimum absolute atomic E-state index is 0.123. The first-order valence-corrected chi connectivity index (χ1v) is 6.18. The van der Waals surface area contributed by atoms with E-state index in [4.69, 9.17) is 5.84 Å². The minimum Gasteiger partial charge on any atom is -0.271 e. The summed E-state index contributed by atoms with van der Waals surface area (Å²) < 4.78 is 13.8. The van der Waals surface area contributed by atoms with Crippen LogP contribution < -0.4 is 11.3 Å². The standard InChI is InChI=1S/C11H16FIN2/c1-2-3-4-11(15-14)9-6-5-8(12)7-10(9)13/h5-7,11,15H,2-4,14H2,1H3. The number of nitrogens with two attached hydrogens (primary N) is 1. The van der Waals surface area contributed by atoms with Crippen LogP contribution in [0.15, 0.2) is 18.2 Å². The number of rotatable bonds is 5. The van der Waals surface area contributed by atoms with Crippen molar-refractivity contribution >= 4 is 22.6 Å². The van der Waals surface area contributed by atoms with Gasteiger partial charge in [0.05, 0.1) is 0 Å². The van der Waals surface area contributed by atoms with Crippen molar-refractivity contribution in [3.63, 3.8) is 0 Å². The van der Waals surface area contributed by atoms with Gasteiger partial charge in [0, 0.05) is 9.61 Å². The zero-order chi connectivity index (χ0) is 11.3. The predicted molar refractivity (Wildman–Crippen MR) is 68.7 cm³/mol. The maximum atomic E-state index is 12.9.